The van der Waals surface area contributed by atoms with Crippen molar-refractivity contribution in [2.24, 2.45) is 5.41 Å². The maximum absolute atomic E-state index is 13.4. The van der Waals surface area contributed by atoms with E-state index in [0.29, 0.717) is 6.07 Å². The summed E-state index contributed by atoms with van der Waals surface area (Å²) in [4.78, 5) is 13.6. The maximum atomic E-state index is 13.4. The number of benzene rings is 1. The summed E-state index contributed by atoms with van der Waals surface area (Å²) in [5.41, 5.74) is -2.22. The van der Waals surface area contributed by atoms with Gasteiger partial charge in [-0.2, -0.15) is 13.2 Å². The minimum atomic E-state index is -4.62. The lowest BCUT2D eigenvalue weighted by Crippen LogP contribution is -2.48. The van der Waals surface area contributed by atoms with E-state index in [-0.39, 0.29) is 18.4 Å². The number of hydrogen-bond acceptors (Lipinski definition) is 1. The standard InChI is InChI=1S/C16H18F5NO/c1-9(2)22(14(23)15(4-5-15)16(19,20)21)10(3)11-6-12(17)8-13(18)7-11/h6-10H,4-5H2,1-3H3. The highest BCUT2D eigenvalue weighted by Crippen LogP contribution is 2.59. The molecule has 0 spiro atoms. The molecular formula is C16H18F5NO. The van der Waals surface area contributed by atoms with Crippen LogP contribution in [0, 0.1) is 17.0 Å². The fourth-order valence-electron chi connectivity index (χ4n) is 2.83. The van der Waals surface area contributed by atoms with Crippen molar-refractivity contribution in [3.63, 3.8) is 0 Å². The minimum absolute atomic E-state index is 0.127. The van der Waals surface area contributed by atoms with E-state index < -0.39 is 41.2 Å². The molecule has 1 aliphatic rings. The number of nitrogens with zero attached hydrogens (tertiary/aromatic N) is 1. The molecule has 0 saturated heterocycles. The summed E-state index contributed by atoms with van der Waals surface area (Å²) in [6.07, 6.45) is -5.12. The molecule has 2 rings (SSSR count). The first-order chi connectivity index (χ1) is 10.5. The number of carbonyl (C=O) groups excluding carboxylic acids is 1. The summed E-state index contributed by atoms with van der Waals surface area (Å²) in [5.74, 6) is -2.70. The van der Waals surface area contributed by atoms with Crippen LogP contribution in [0.2, 0.25) is 0 Å². The van der Waals surface area contributed by atoms with Gasteiger partial charge in [0, 0.05) is 12.1 Å². The van der Waals surface area contributed by atoms with Crippen molar-refractivity contribution in [3.05, 3.63) is 35.4 Å². The first-order valence-electron chi connectivity index (χ1n) is 7.35. The molecule has 1 amide bonds. The van der Waals surface area contributed by atoms with E-state index in [0.717, 1.165) is 17.0 Å². The highest BCUT2D eigenvalue weighted by molar-refractivity contribution is 5.87. The third-order valence-electron chi connectivity index (χ3n) is 4.28. The largest absolute Gasteiger partial charge is 0.403 e. The third-order valence-corrected chi connectivity index (χ3v) is 4.28. The van der Waals surface area contributed by atoms with Crippen LogP contribution in [0.3, 0.4) is 0 Å². The molecular weight excluding hydrogens is 317 g/mol. The van der Waals surface area contributed by atoms with Gasteiger partial charge in [-0.05, 0) is 51.3 Å². The van der Waals surface area contributed by atoms with Crippen molar-refractivity contribution in [2.75, 3.05) is 0 Å². The van der Waals surface area contributed by atoms with Gasteiger partial charge >= 0.3 is 6.18 Å². The monoisotopic (exact) mass is 335 g/mol. The summed E-state index contributed by atoms with van der Waals surface area (Å²) < 4.78 is 66.3. The van der Waals surface area contributed by atoms with Crippen LogP contribution in [0.15, 0.2) is 18.2 Å². The van der Waals surface area contributed by atoms with Crippen LogP contribution in [-0.4, -0.2) is 23.0 Å². The van der Waals surface area contributed by atoms with Crippen molar-refractivity contribution in [1.29, 1.82) is 0 Å². The topological polar surface area (TPSA) is 20.3 Å². The average Bonchev–Trinajstić information content (AvgIpc) is 3.17. The molecule has 1 atom stereocenters. The predicted molar refractivity (Wildman–Crippen MR) is 74.5 cm³/mol. The Kier molecular flexibility index (Phi) is 4.43. The van der Waals surface area contributed by atoms with Crippen LogP contribution < -0.4 is 0 Å². The highest BCUT2D eigenvalue weighted by Gasteiger charge is 2.69. The highest BCUT2D eigenvalue weighted by atomic mass is 19.4. The summed E-state index contributed by atoms with van der Waals surface area (Å²) in [5, 5.41) is 0. The van der Waals surface area contributed by atoms with E-state index >= 15 is 0 Å². The molecule has 1 aromatic rings. The lowest BCUT2D eigenvalue weighted by Gasteiger charge is -2.36. The van der Waals surface area contributed by atoms with E-state index in [9.17, 15) is 26.7 Å². The fraction of sp³-hybridized carbons (Fsp3) is 0.562. The van der Waals surface area contributed by atoms with Crippen molar-refractivity contribution >= 4 is 5.91 Å². The first-order valence-corrected chi connectivity index (χ1v) is 7.35. The van der Waals surface area contributed by atoms with Crippen LogP contribution >= 0.6 is 0 Å². The van der Waals surface area contributed by atoms with Crippen LogP contribution in [0.25, 0.3) is 0 Å². The molecule has 0 heterocycles. The van der Waals surface area contributed by atoms with E-state index in [2.05, 4.69) is 0 Å². The van der Waals surface area contributed by atoms with E-state index in [1.165, 1.54) is 6.92 Å². The summed E-state index contributed by atoms with van der Waals surface area (Å²) in [6, 6.07) is 1.33. The van der Waals surface area contributed by atoms with Gasteiger partial charge in [-0.3, -0.25) is 4.79 Å². The number of carbonyl (C=O) groups is 1. The zero-order valence-electron chi connectivity index (χ0n) is 13.0. The zero-order valence-corrected chi connectivity index (χ0v) is 13.0. The van der Waals surface area contributed by atoms with Gasteiger partial charge in [-0.25, -0.2) is 8.78 Å². The normalized spacial score (nSPS) is 18.0. The van der Waals surface area contributed by atoms with Gasteiger partial charge in [-0.1, -0.05) is 0 Å². The van der Waals surface area contributed by atoms with Crippen molar-refractivity contribution < 1.29 is 26.7 Å². The van der Waals surface area contributed by atoms with Crippen LogP contribution in [0.1, 0.15) is 45.2 Å². The van der Waals surface area contributed by atoms with Crippen LogP contribution in [0.4, 0.5) is 22.0 Å². The second-order valence-corrected chi connectivity index (χ2v) is 6.26. The number of halogens is 5. The molecule has 1 aliphatic carbocycles. The second-order valence-electron chi connectivity index (χ2n) is 6.26. The molecule has 1 saturated carbocycles. The SMILES string of the molecule is CC(C)N(C(=O)C1(C(F)(F)F)CC1)C(C)c1cc(F)cc(F)c1. The Morgan fingerprint density at radius 1 is 1.09 bits per heavy atom. The Bertz CT molecular complexity index is 587. The number of rotatable bonds is 4. The minimum Gasteiger partial charge on any atom is -0.333 e. The van der Waals surface area contributed by atoms with Gasteiger partial charge in [0.25, 0.3) is 0 Å². The Hall–Kier alpha value is -1.66. The lowest BCUT2D eigenvalue weighted by molar-refractivity contribution is -0.200. The van der Waals surface area contributed by atoms with E-state index in [1.807, 2.05) is 0 Å². The van der Waals surface area contributed by atoms with Crippen LogP contribution in [-0.2, 0) is 4.79 Å². The number of hydrogen-bond donors (Lipinski definition) is 0. The summed E-state index contributed by atoms with van der Waals surface area (Å²) >= 11 is 0. The van der Waals surface area contributed by atoms with Gasteiger partial charge in [0.2, 0.25) is 5.91 Å². The maximum Gasteiger partial charge on any atom is 0.403 e. The predicted octanol–water partition coefficient (Wildman–Crippen LogP) is 4.61. The Morgan fingerprint density at radius 2 is 1.57 bits per heavy atom. The van der Waals surface area contributed by atoms with Gasteiger partial charge < -0.3 is 4.90 Å². The molecule has 0 aliphatic heterocycles. The molecule has 128 valence electrons. The van der Waals surface area contributed by atoms with Gasteiger partial charge in [0.05, 0.1) is 6.04 Å². The molecule has 0 bridgehead atoms. The molecule has 1 unspecified atom stereocenters. The van der Waals surface area contributed by atoms with Crippen molar-refractivity contribution in [3.8, 4) is 0 Å². The second kappa shape index (κ2) is 5.76. The third kappa shape index (κ3) is 3.19. The molecule has 1 fully saturated rings. The smallest absolute Gasteiger partial charge is 0.333 e. The van der Waals surface area contributed by atoms with Gasteiger partial charge in [-0.15, -0.1) is 0 Å². The Morgan fingerprint density at radius 3 is 1.91 bits per heavy atom. The van der Waals surface area contributed by atoms with E-state index in [4.69, 9.17) is 0 Å². The summed E-state index contributed by atoms with van der Waals surface area (Å²) in [7, 11) is 0. The molecule has 7 heteroatoms. The average molecular weight is 335 g/mol. The molecule has 0 N–H and O–H groups in total. The van der Waals surface area contributed by atoms with Crippen molar-refractivity contribution in [1.82, 2.24) is 4.90 Å². The first kappa shape index (κ1) is 17.7. The molecule has 2 nitrogen and oxygen atoms in total. The van der Waals surface area contributed by atoms with Gasteiger partial charge in [0.1, 0.15) is 17.0 Å². The van der Waals surface area contributed by atoms with Crippen molar-refractivity contribution in [2.45, 2.75) is 51.9 Å². The molecule has 23 heavy (non-hydrogen) atoms. The lowest BCUT2D eigenvalue weighted by atomic mass is 9.99. The fourth-order valence-corrected chi connectivity index (χ4v) is 2.83. The molecule has 0 radical (unpaired) electrons. The van der Waals surface area contributed by atoms with E-state index in [1.54, 1.807) is 13.8 Å². The quantitative estimate of drug-likeness (QED) is 0.736. The Balaban J connectivity index is 2.37. The van der Waals surface area contributed by atoms with Crippen LogP contribution in [0.5, 0.6) is 0 Å². The number of alkyl halides is 3. The zero-order chi connectivity index (χ0) is 17.6. The van der Waals surface area contributed by atoms with Gasteiger partial charge in [0.15, 0.2) is 0 Å². The molecule has 1 aromatic carbocycles. The number of amides is 1. The molecule has 0 aromatic heterocycles. The summed E-state index contributed by atoms with van der Waals surface area (Å²) in [6.45, 7) is 4.63. The Labute approximate surface area is 131 Å².